The molecule has 1 atom stereocenters. The molecule has 2 fully saturated rings. The molecule has 114 valence electrons. The lowest BCUT2D eigenvalue weighted by atomic mass is 10.1. The SMILES string of the molecule is CC(C)(N)C(=O)N1CCC(CN2CCCC2)C1.Cl.Cl. The fraction of sp³-hybridized carbons (Fsp3) is 0.923. The van der Waals surface area contributed by atoms with Gasteiger partial charge in [0.1, 0.15) is 0 Å². The first-order valence-electron chi connectivity index (χ1n) is 6.77. The van der Waals surface area contributed by atoms with Gasteiger partial charge in [-0.2, -0.15) is 0 Å². The fourth-order valence-corrected chi connectivity index (χ4v) is 2.90. The maximum atomic E-state index is 12.0. The molecule has 1 unspecified atom stereocenters. The van der Waals surface area contributed by atoms with Crippen LogP contribution in [0, 0.1) is 5.92 Å². The summed E-state index contributed by atoms with van der Waals surface area (Å²) in [4.78, 5) is 16.5. The fourth-order valence-electron chi connectivity index (χ4n) is 2.90. The van der Waals surface area contributed by atoms with Gasteiger partial charge in [0.15, 0.2) is 0 Å². The molecule has 0 aromatic heterocycles. The maximum Gasteiger partial charge on any atom is 0.242 e. The molecule has 0 radical (unpaired) electrons. The van der Waals surface area contributed by atoms with Crippen molar-refractivity contribution in [2.45, 2.75) is 38.6 Å². The third kappa shape index (κ3) is 5.10. The van der Waals surface area contributed by atoms with Gasteiger partial charge < -0.3 is 15.5 Å². The molecule has 4 nitrogen and oxygen atoms in total. The van der Waals surface area contributed by atoms with Crippen molar-refractivity contribution in [3.05, 3.63) is 0 Å². The summed E-state index contributed by atoms with van der Waals surface area (Å²) in [5, 5.41) is 0. The minimum atomic E-state index is -0.720. The minimum Gasteiger partial charge on any atom is -0.341 e. The summed E-state index contributed by atoms with van der Waals surface area (Å²) in [5.41, 5.74) is 5.15. The van der Waals surface area contributed by atoms with E-state index in [0.29, 0.717) is 5.92 Å². The Morgan fingerprint density at radius 3 is 2.32 bits per heavy atom. The Kier molecular flexibility index (Phi) is 7.66. The summed E-state index contributed by atoms with van der Waals surface area (Å²) in [5.74, 6) is 0.751. The van der Waals surface area contributed by atoms with Crippen molar-refractivity contribution in [1.82, 2.24) is 9.80 Å². The molecule has 0 aromatic carbocycles. The van der Waals surface area contributed by atoms with Gasteiger partial charge >= 0.3 is 0 Å². The van der Waals surface area contributed by atoms with Gasteiger partial charge in [-0.15, -0.1) is 24.8 Å². The van der Waals surface area contributed by atoms with Crippen LogP contribution in [0.5, 0.6) is 0 Å². The van der Waals surface area contributed by atoms with Gasteiger partial charge in [-0.25, -0.2) is 0 Å². The Balaban J connectivity index is 0.00000162. The molecule has 0 spiro atoms. The normalized spacial score (nSPS) is 23.9. The van der Waals surface area contributed by atoms with Crippen molar-refractivity contribution in [3.8, 4) is 0 Å². The number of carbonyl (C=O) groups excluding carboxylic acids is 1. The topological polar surface area (TPSA) is 49.6 Å². The summed E-state index contributed by atoms with van der Waals surface area (Å²) in [7, 11) is 0. The first-order valence-corrected chi connectivity index (χ1v) is 6.77. The average molecular weight is 312 g/mol. The summed E-state index contributed by atoms with van der Waals surface area (Å²) < 4.78 is 0. The second kappa shape index (κ2) is 7.67. The standard InChI is InChI=1S/C13H25N3O.2ClH/c1-13(2,14)12(17)16-8-5-11(10-16)9-15-6-3-4-7-15;;/h11H,3-10,14H2,1-2H3;2*1H. The zero-order valence-electron chi connectivity index (χ0n) is 11.9. The molecule has 2 rings (SSSR count). The molecule has 19 heavy (non-hydrogen) atoms. The van der Waals surface area contributed by atoms with Gasteiger partial charge in [-0.1, -0.05) is 0 Å². The van der Waals surface area contributed by atoms with Crippen LogP contribution in [0.2, 0.25) is 0 Å². The monoisotopic (exact) mass is 311 g/mol. The molecular weight excluding hydrogens is 285 g/mol. The lowest BCUT2D eigenvalue weighted by Gasteiger charge is -2.26. The van der Waals surface area contributed by atoms with Crippen LogP contribution in [0.1, 0.15) is 33.1 Å². The van der Waals surface area contributed by atoms with Gasteiger partial charge in [0.25, 0.3) is 0 Å². The summed E-state index contributed by atoms with van der Waals surface area (Å²) >= 11 is 0. The molecule has 2 saturated heterocycles. The van der Waals surface area contributed by atoms with Gasteiger partial charge in [0, 0.05) is 19.6 Å². The third-order valence-corrected chi connectivity index (χ3v) is 3.84. The Morgan fingerprint density at radius 2 is 1.79 bits per heavy atom. The second-order valence-electron chi connectivity index (χ2n) is 6.14. The number of nitrogens with zero attached hydrogens (tertiary/aromatic N) is 2. The van der Waals surface area contributed by atoms with Crippen LogP contribution in [-0.2, 0) is 4.79 Å². The van der Waals surface area contributed by atoms with E-state index in [2.05, 4.69) is 4.90 Å². The second-order valence-corrected chi connectivity index (χ2v) is 6.14. The van der Waals surface area contributed by atoms with E-state index in [0.717, 1.165) is 26.1 Å². The summed E-state index contributed by atoms with van der Waals surface area (Å²) in [6, 6.07) is 0. The molecule has 2 N–H and O–H groups in total. The lowest BCUT2D eigenvalue weighted by molar-refractivity contribution is -0.134. The van der Waals surface area contributed by atoms with E-state index in [4.69, 9.17) is 5.73 Å². The molecule has 2 aliphatic rings. The molecule has 0 aliphatic carbocycles. The van der Waals surface area contributed by atoms with Crippen LogP contribution in [0.3, 0.4) is 0 Å². The number of hydrogen-bond donors (Lipinski definition) is 1. The van der Waals surface area contributed by atoms with Gasteiger partial charge in [0.2, 0.25) is 5.91 Å². The largest absolute Gasteiger partial charge is 0.341 e. The van der Waals surface area contributed by atoms with E-state index in [1.54, 1.807) is 13.8 Å². The van der Waals surface area contributed by atoms with Gasteiger partial charge in [0.05, 0.1) is 5.54 Å². The molecule has 0 bridgehead atoms. The highest BCUT2D eigenvalue weighted by molar-refractivity contribution is 5.86. The van der Waals surface area contributed by atoms with E-state index in [1.807, 2.05) is 4.90 Å². The van der Waals surface area contributed by atoms with Crippen molar-refractivity contribution in [1.29, 1.82) is 0 Å². The highest BCUT2D eigenvalue weighted by Crippen LogP contribution is 2.21. The van der Waals surface area contributed by atoms with E-state index >= 15 is 0 Å². The van der Waals surface area contributed by atoms with Crippen LogP contribution in [0.25, 0.3) is 0 Å². The maximum absolute atomic E-state index is 12.0. The number of rotatable bonds is 3. The molecular formula is C13H27Cl2N3O. The number of halogens is 2. The van der Waals surface area contributed by atoms with Crippen molar-refractivity contribution in [2.24, 2.45) is 11.7 Å². The predicted octanol–water partition coefficient (Wildman–Crippen LogP) is 1.51. The van der Waals surface area contributed by atoms with E-state index in [-0.39, 0.29) is 30.7 Å². The third-order valence-electron chi connectivity index (χ3n) is 3.84. The van der Waals surface area contributed by atoms with Crippen LogP contribution in [0.4, 0.5) is 0 Å². The minimum absolute atomic E-state index is 0. The van der Waals surface area contributed by atoms with Crippen molar-refractivity contribution < 1.29 is 4.79 Å². The average Bonchev–Trinajstić information content (AvgIpc) is 2.87. The molecule has 1 amide bonds. The van der Waals surface area contributed by atoms with Crippen LogP contribution in [-0.4, -0.2) is 54.0 Å². The van der Waals surface area contributed by atoms with Crippen LogP contribution < -0.4 is 5.73 Å². The van der Waals surface area contributed by atoms with Gasteiger partial charge in [-0.3, -0.25) is 4.79 Å². The van der Waals surface area contributed by atoms with Crippen molar-refractivity contribution in [2.75, 3.05) is 32.7 Å². The quantitative estimate of drug-likeness (QED) is 0.859. The number of nitrogens with two attached hydrogens (primary N) is 1. The highest BCUT2D eigenvalue weighted by Gasteiger charge is 2.33. The van der Waals surface area contributed by atoms with E-state index in [9.17, 15) is 4.79 Å². The number of hydrogen-bond acceptors (Lipinski definition) is 3. The first kappa shape index (κ1) is 19.0. The first-order chi connectivity index (χ1) is 7.97. The molecule has 2 aliphatic heterocycles. The predicted molar refractivity (Wildman–Crippen MR) is 83.1 cm³/mol. The smallest absolute Gasteiger partial charge is 0.242 e. The molecule has 0 aromatic rings. The number of amides is 1. The number of likely N-dealkylation sites (tertiary alicyclic amines) is 2. The van der Waals surface area contributed by atoms with Crippen LogP contribution >= 0.6 is 24.8 Å². The van der Waals surface area contributed by atoms with Crippen molar-refractivity contribution >= 4 is 30.7 Å². The Labute approximate surface area is 128 Å². The molecule has 2 heterocycles. The highest BCUT2D eigenvalue weighted by atomic mass is 35.5. The van der Waals surface area contributed by atoms with Crippen molar-refractivity contribution in [3.63, 3.8) is 0 Å². The lowest BCUT2D eigenvalue weighted by Crippen LogP contribution is -2.50. The Bertz CT molecular complexity index is 288. The van der Waals surface area contributed by atoms with E-state index < -0.39 is 5.54 Å². The zero-order valence-corrected chi connectivity index (χ0v) is 13.6. The zero-order chi connectivity index (χ0) is 12.5. The molecule has 6 heteroatoms. The summed E-state index contributed by atoms with van der Waals surface area (Å²) in [6.07, 6.45) is 3.81. The summed E-state index contributed by atoms with van der Waals surface area (Å²) in [6.45, 7) is 9.02. The van der Waals surface area contributed by atoms with E-state index in [1.165, 1.54) is 25.9 Å². The molecule has 0 saturated carbocycles. The van der Waals surface area contributed by atoms with Gasteiger partial charge in [-0.05, 0) is 52.1 Å². The Hall–Kier alpha value is -0.0300. The number of carbonyl (C=O) groups is 1. The van der Waals surface area contributed by atoms with Crippen LogP contribution in [0.15, 0.2) is 0 Å². The Morgan fingerprint density at radius 1 is 1.21 bits per heavy atom.